The van der Waals surface area contributed by atoms with Gasteiger partial charge in [0.15, 0.2) is 0 Å². The smallest absolute Gasteiger partial charge is 0.243 e. The summed E-state index contributed by atoms with van der Waals surface area (Å²) in [6.45, 7) is 4.78. The molecule has 0 spiro atoms. The van der Waals surface area contributed by atoms with E-state index < -0.39 is 15.9 Å². The monoisotopic (exact) mass is 454 g/mol. The van der Waals surface area contributed by atoms with Crippen molar-refractivity contribution in [1.29, 1.82) is 0 Å². The third kappa shape index (κ3) is 4.71. The number of carbonyl (C=O) groups is 1. The number of nitrogens with zero attached hydrogens (tertiary/aromatic N) is 5. The van der Waals surface area contributed by atoms with Crippen LogP contribution in [0.2, 0.25) is 0 Å². The van der Waals surface area contributed by atoms with Crippen molar-refractivity contribution in [3.8, 4) is 5.69 Å². The molecule has 0 radical (unpaired) electrons. The summed E-state index contributed by atoms with van der Waals surface area (Å²) in [5.74, 6) is -0.140. The number of hydrogen-bond donors (Lipinski definition) is 1. The van der Waals surface area contributed by atoms with Gasteiger partial charge in [0.25, 0.3) is 0 Å². The maximum atomic E-state index is 13.2. The molecule has 1 saturated heterocycles. The normalized spacial score (nSPS) is 17.4. The van der Waals surface area contributed by atoms with Crippen molar-refractivity contribution < 1.29 is 13.2 Å². The quantitative estimate of drug-likeness (QED) is 0.613. The van der Waals surface area contributed by atoms with Crippen LogP contribution in [-0.4, -0.2) is 51.9 Å². The van der Waals surface area contributed by atoms with E-state index in [1.54, 1.807) is 12.1 Å². The third-order valence-corrected chi connectivity index (χ3v) is 7.57. The highest BCUT2D eigenvalue weighted by molar-refractivity contribution is 7.89. The van der Waals surface area contributed by atoms with Gasteiger partial charge >= 0.3 is 0 Å². The van der Waals surface area contributed by atoms with Gasteiger partial charge < -0.3 is 5.32 Å². The molecular weight excluding hydrogens is 428 g/mol. The minimum absolute atomic E-state index is 0.156. The number of piperidine rings is 1. The summed E-state index contributed by atoms with van der Waals surface area (Å²) >= 11 is 0. The van der Waals surface area contributed by atoms with Crippen LogP contribution in [0.3, 0.4) is 0 Å². The first-order chi connectivity index (χ1) is 15.3. The summed E-state index contributed by atoms with van der Waals surface area (Å²) in [7, 11) is -3.71. The number of amides is 1. The van der Waals surface area contributed by atoms with Gasteiger partial charge in [-0.2, -0.15) is 4.31 Å². The van der Waals surface area contributed by atoms with Crippen LogP contribution in [0, 0.1) is 5.92 Å². The maximum absolute atomic E-state index is 13.2. The van der Waals surface area contributed by atoms with Crippen LogP contribution < -0.4 is 5.32 Å². The zero-order chi connectivity index (χ0) is 22.7. The first-order valence-corrected chi connectivity index (χ1v) is 12.0. The van der Waals surface area contributed by atoms with E-state index in [1.165, 1.54) is 33.0 Å². The van der Waals surface area contributed by atoms with Crippen LogP contribution in [0.25, 0.3) is 5.69 Å². The second-order valence-electron chi connectivity index (χ2n) is 8.22. The topological polar surface area (TPSA) is 110 Å². The van der Waals surface area contributed by atoms with Crippen molar-refractivity contribution in [2.75, 3.05) is 18.4 Å². The van der Waals surface area contributed by atoms with Gasteiger partial charge in [0.1, 0.15) is 6.33 Å². The minimum Gasteiger partial charge on any atom is -0.326 e. The van der Waals surface area contributed by atoms with Gasteiger partial charge in [-0.05, 0) is 71.1 Å². The highest BCUT2D eigenvalue weighted by atomic mass is 32.2. The van der Waals surface area contributed by atoms with Gasteiger partial charge in [0, 0.05) is 18.8 Å². The van der Waals surface area contributed by atoms with Crippen LogP contribution in [0.4, 0.5) is 5.69 Å². The lowest BCUT2D eigenvalue weighted by Gasteiger charge is -2.31. The lowest BCUT2D eigenvalue weighted by atomic mass is 9.98. The Hall–Kier alpha value is -3.11. The molecule has 168 valence electrons. The van der Waals surface area contributed by atoms with Gasteiger partial charge in [0.2, 0.25) is 15.9 Å². The number of anilines is 1. The molecule has 2 heterocycles. The molecule has 1 amide bonds. The largest absolute Gasteiger partial charge is 0.326 e. The molecule has 9 nitrogen and oxygen atoms in total. The van der Waals surface area contributed by atoms with E-state index in [9.17, 15) is 13.2 Å². The highest BCUT2D eigenvalue weighted by Crippen LogP contribution is 2.26. The molecule has 1 N–H and O–H groups in total. The molecule has 1 aliphatic heterocycles. The Morgan fingerprint density at radius 2 is 1.81 bits per heavy atom. The molecule has 1 fully saturated rings. The molecule has 1 aromatic heterocycles. The summed E-state index contributed by atoms with van der Waals surface area (Å²) in [5.41, 5.74) is 2.58. The molecule has 10 heteroatoms. The summed E-state index contributed by atoms with van der Waals surface area (Å²) < 4.78 is 29.2. The fourth-order valence-corrected chi connectivity index (χ4v) is 5.29. The number of nitrogens with one attached hydrogen (secondary N) is 1. The fourth-order valence-electron chi connectivity index (χ4n) is 3.77. The molecule has 1 aliphatic rings. The molecule has 2 aromatic carbocycles. The first-order valence-electron chi connectivity index (χ1n) is 10.6. The molecular formula is C22H26N6O3S. The Balaban J connectivity index is 1.43. The van der Waals surface area contributed by atoms with Crippen molar-refractivity contribution in [3.05, 3.63) is 60.4 Å². The van der Waals surface area contributed by atoms with Crippen LogP contribution >= 0.6 is 0 Å². The summed E-state index contributed by atoms with van der Waals surface area (Å²) in [5, 5.41) is 13.9. The molecule has 0 unspecified atom stereocenters. The molecule has 1 atom stereocenters. The van der Waals surface area contributed by atoms with Crippen LogP contribution in [0.15, 0.2) is 59.8 Å². The summed E-state index contributed by atoms with van der Waals surface area (Å²) in [6, 6.07) is 14.1. The fraction of sp³-hybridized carbons (Fsp3) is 0.364. The Morgan fingerprint density at radius 1 is 1.09 bits per heavy atom. The summed E-state index contributed by atoms with van der Waals surface area (Å²) in [4.78, 5) is 13.0. The van der Waals surface area contributed by atoms with E-state index >= 15 is 0 Å². The zero-order valence-electron chi connectivity index (χ0n) is 18.0. The van der Waals surface area contributed by atoms with Crippen molar-refractivity contribution in [3.63, 3.8) is 0 Å². The lowest BCUT2D eigenvalue weighted by molar-refractivity contribution is -0.120. The van der Waals surface area contributed by atoms with E-state index in [4.69, 9.17) is 0 Å². The predicted octanol–water partition coefficient (Wildman–Crippen LogP) is 2.83. The second kappa shape index (κ2) is 9.17. The van der Waals surface area contributed by atoms with Crippen molar-refractivity contribution in [2.45, 2.75) is 37.5 Å². The van der Waals surface area contributed by atoms with Crippen molar-refractivity contribution in [2.24, 2.45) is 5.92 Å². The molecule has 4 rings (SSSR count). The number of hydrogen-bond acceptors (Lipinski definition) is 6. The van der Waals surface area contributed by atoms with Gasteiger partial charge in [-0.3, -0.25) is 4.79 Å². The average Bonchev–Trinajstić information content (AvgIpc) is 3.35. The predicted molar refractivity (Wildman–Crippen MR) is 120 cm³/mol. The van der Waals surface area contributed by atoms with Gasteiger partial charge in [-0.15, -0.1) is 5.10 Å². The molecule has 3 aromatic rings. The van der Waals surface area contributed by atoms with E-state index in [2.05, 4.69) is 34.7 Å². The number of sulfonamides is 1. The van der Waals surface area contributed by atoms with Crippen LogP contribution in [0.1, 0.15) is 38.2 Å². The SMILES string of the molecule is CC(C)c1ccc(NC(=O)[C@@H]2CCCN(S(=O)(=O)c3ccc(-n4cnnn4)cc3)C2)cc1. The number of tetrazole rings is 1. The number of aromatic nitrogens is 4. The molecule has 32 heavy (non-hydrogen) atoms. The number of benzene rings is 2. The van der Waals surface area contributed by atoms with Gasteiger partial charge in [0.05, 0.1) is 16.5 Å². The zero-order valence-corrected chi connectivity index (χ0v) is 18.9. The molecule has 0 bridgehead atoms. The van der Waals surface area contributed by atoms with E-state index in [0.29, 0.717) is 31.0 Å². The van der Waals surface area contributed by atoms with E-state index in [-0.39, 0.29) is 17.3 Å². The highest BCUT2D eigenvalue weighted by Gasteiger charge is 2.33. The molecule has 0 aliphatic carbocycles. The van der Waals surface area contributed by atoms with Crippen LogP contribution in [-0.2, 0) is 14.8 Å². The number of rotatable bonds is 6. The maximum Gasteiger partial charge on any atom is 0.243 e. The average molecular weight is 455 g/mol. The Bertz CT molecular complexity index is 1160. The van der Waals surface area contributed by atoms with Crippen LogP contribution in [0.5, 0.6) is 0 Å². The standard InChI is InChI=1S/C22H26N6O3S/c1-16(2)17-5-7-19(8-6-17)24-22(29)18-4-3-13-27(14-18)32(30,31)21-11-9-20(10-12-21)28-15-23-25-26-28/h5-12,15-16,18H,3-4,13-14H2,1-2H3,(H,24,29)/t18-/m1/s1. The van der Waals surface area contributed by atoms with E-state index in [1.807, 2.05) is 24.3 Å². The Kier molecular flexibility index (Phi) is 6.33. The minimum atomic E-state index is -3.71. The van der Waals surface area contributed by atoms with E-state index in [0.717, 1.165) is 5.69 Å². The van der Waals surface area contributed by atoms with Crippen molar-refractivity contribution in [1.82, 2.24) is 24.5 Å². The van der Waals surface area contributed by atoms with Gasteiger partial charge in [-0.25, -0.2) is 13.1 Å². The van der Waals surface area contributed by atoms with Crippen molar-refractivity contribution >= 4 is 21.6 Å². The third-order valence-electron chi connectivity index (χ3n) is 5.69. The Labute approximate surface area is 187 Å². The lowest BCUT2D eigenvalue weighted by Crippen LogP contribution is -2.43. The number of carbonyl (C=O) groups excluding carboxylic acids is 1. The molecule has 0 saturated carbocycles. The second-order valence-corrected chi connectivity index (χ2v) is 10.2. The van der Waals surface area contributed by atoms with Gasteiger partial charge in [-0.1, -0.05) is 26.0 Å². The summed E-state index contributed by atoms with van der Waals surface area (Å²) in [6.07, 6.45) is 2.72. The Morgan fingerprint density at radius 3 is 2.44 bits per heavy atom. The first kappa shape index (κ1) is 22.1.